The fourth-order valence-electron chi connectivity index (χ4n) is 2.33. The Morgan fingerprint density at radius 1 is 1.00 bits per heavy atom. The summed E-state index contributed by atoms with van der Waals surface area (Å²) in [6.45, 7) is 0.173. The molecule has 0 spiro atoms. The van der Waals surface area contributed by atoms with Crippen LogP contribution in [0.5, 0.6) is 0 Å². The SMILES string of the molecule is CN(C)c1ccc(C(O)CNC(=O)c2cccc(N(C)C)c2)cc1. The van der Waals surface area contributed by atoms with Crippen LogP contribution in [0.15, 0.2) is 48.5 Å². The van der Waals surface area contributed by atoms with Crippen LogP contribution in [0, 0.1) is 0 Å². The van der Waals surface area contributed by atoms with Crippen molar-refractivity contribution >= 4 is 17.3 Å². The van der Waals surface area contributed by atoms with Crippen LogP contribution >= 0.6 is 0 Å². The Labute approximate surface area is 143 Å². The summed E-state index contributed by atoms with van der Waals surface area (Å²) < 4.78 is 0. The number of carbonyl (C=O) groups excluding carboxylic acids is 1. The highest BCUT2D eigenvalue weighted by atomic mass is 16.3. The number of nitrogens with zero attached hydrogens (tertiary/aromatic N) is 2. The molecule has 0 heterocycles. The molecule has 0 radical (unpaired) electrons. The summed E-state index contributed by atoms with van der Waals surface area (Å²) in [5, 5.41) is 13.0. The highest BCUT2D eigenvalue weighted by Crippen LogP contribution is 2.18. The average molecular weight is 327 g/mol. The Morgan fingerprint density at radius 3 is 2.21 bits per heavy atom. The first-order valence-corrected chi connectivity index (χ1v) is 7.89. The highest BCUT2D eigenvalue weighted by Gasteiger charge is 2.12. The van der Waals surface area contributed by atoms with E-state index in [-0.39, 0.29) is 12.5 Å². The molecule has 128 valence electrons. The summed E-state index contributed by atoms with van der Waals surface area (Å²) in [6, 6.07) is 15.0. The second-order valence-corrected chi connectivity index (χ2v) is 6.16. The van der Waals surface area contributed by atoms with Crippen molar-refractivity contribution in [3.05, 3.63) is 59.7 Å². The Kier molecular flexibility index (Phi) is 5.82. The van der Waals surface area contributed by atoms with Gasteiger partial charge < -0.3 is 20.2 Å². The maximum Gasteiger partial charge on any atom is 0.251 e. The molecule has 1 amide bonds. The average Bonchev–Trinajstić information content (AvgIpc) is 2.59. The molecule has 2 N–H and O–H groups in total. The zero-order chi connectivity index (χ0) is 17.7. The van der Waals surface area contributed by atoms with E-state index < -0.39 is 6.10 Å². The van der Waals surface area contributed by atoms with Crippen LogP contribution in [0.3, 0.4) is 0 Å². The molecule has 0 bridgehead atoms. The van der Waals surface area contributed by atoms with E-state index in [0.29, 0.717) is 5.56 Å². The fraction of sp³-hybridized carbons (Fsp3) is 0.316. The van der Waals surface area contributed by atoms with Gasteiger partial charge in [0.15, 0.2) is 0 Å². The molecule has 1 atom stereocenters. The van der Waals surface area contributed by atoms with E-state index in [0.717, 1.165) is 16.9 Å². The van der Waals surface area contributed by atoms with Gasteiger partial charge >= 0.3 is 0 Å². The minimum absolute atomic E-state index is 0.173. The van der Waals surface area contributed by atoms with Crippen molar-refractivity contribution in [2.45, 2.75) is 6.10 Å². The van der Waals surface area contributed by atoms with Gasteiger partial charge in [0.25, 0.3) is 5.91 Å². The summed E-state index contributed by atoms with van der Waals surface area (Å²) in [5.41, 5.74) is 3.39. The molecule has 0 fully saturated rings. The van der Waals surface area contributed by atoms with Crippen LogP contribution in [-0.2, 0) is 0 Å². The molecule has 5 nitrogen and oxygen atoms in total. The number of carbonyl (C=O) groups is 1. The molecule has 0 saturated carbocycles. The molecule has 2 aromatic carbocycles. The normalized spacial score (nSPS) is 11.7. The zero-order valence-electron chi connectivity index (χ0n) is 14.7. The molecule has 2 aromatic rings. The van der Waals surface area contributed by atoms with Crippen LogP contribution < -0.4 is 15.1 Å². The monoisotopic (exact) mass is 327 g/mol. The van der Waals surface area contributed by atoms with E-state index >= 15 is 0 Å². The number of amides is 1. The molecule has 0 aliphatic heterocycles. The number of benzene rings is 2. The standard InChI is InChI=1S/C19H25N3O2/c1-21(2)16-10-8-14(9-11-16)18(23)13-20-19(24)15-6-5-7-17(12-15)22(3)4/h5-12,18,23H,13H2,1-4H3,(H,20,24). The molecule has 0 aromatic heterocycles. The van der Waals surface area contributed by atoms with Crippen molar-refractivity contribution in [1.29, 1.82) is 0 Å². The molecule has 24 heavy (non-hydrogen) atoms. The predicted octanol–water partition coefficient (Wildman–Crippen LogP) is 2.28. The first kappa shape index (κ1) is 17.8. The summed E-state index contributed by atoms with van der Waals surface area (Å²) >= 11 is 0. The van der Waals surface area contributed by atoms with Crippen LogP contribution in [0.1, 0.15) is 22.0 Å². The molecular weight excluding hydrogens is 302 g/mol. The fourth-order valence-corrected chi connectivity index (χ4v) is 2.33. The lowest BCUT2D eigenvalue weighted by molar-refractivity contribution is 0.0916. The van der Waals surface area contributed by atoms with Gasteiger partial charge in [0.1, 0.15) is 0 Å². The minimum Gasteiger partial charge on any atom is -0.387 e. The zero-order valence-corrected chi connectivity index (χ0v) is 14.7. The van der Waals surface area contributed by atoms with Gasteiger partial charge in [0.2, 0.25) is 0 Å². The van der Waals surface area contributed by atoms with E-state index in [2.05, 4.69) is 5.32 Å². The molecule has 1 unspecified atom stereocenters. The van der Waals surface area contributed by atoms with E-state index in [1.807, 2.05) is 80.5 Å². The topological polar surface area (TPSA) is 55.8 Å². The number of anilines is 2. The molecular formula is C19H25N3O2. The van der Waals surface area contributed by atoms with E-state index in [4.69, 9.17) is 0 Å². The summed E-state index contributed by atoms with van der Waals surface area (Å²) in [5.74, 6) is -0.192. The van der Waals surface area contributed by atoms with Gasteiger partial charge in [-0.1, -0.05) is 18.2 Å². The van der Waals surface area contributed by atoms with E-state index in [1.165, 1.54) is 0 Å². The van der Waals surface area contributed by atoms with Crippen molar-refractivity contribution < 1.29 is 9.90 Å². The predicted molar refractivity (Wildman–Crippen MR) is 98.8 cm³/mol. The third-order valence-electron chi connectivity index (χ3n) is 3.87. The Balaban J connectivity index is 1.96. The van der Waals surface area contributed by atoms with Crippen LogP contribution in [0.2, 0.25) is 0 Å². The van der Waals surface area contributed by atoms with Gasteiger partial charge in [-0.25, -0.2) is 0 Å². The van der Waals surface area contributed by atoms with Gasteiger partial charge in [-0.3, -0.25) is 4.79 Å². The quantitative estimate of drug-likeness (QED) is 0.855. The van der Waals surface area contributed by atoms with Crippen molar-refractivity contribution in [1.82, 2.24) is 5.32 Å². The van der Waals surface area contributed by atoms with E-state index in [9.17, 15) is 9.90 Å². The van der Waals surface area contributed by atoms with Gasteiger partial charge in [-0.2, -0.15) is 0 Å². The van der Waals surface area contributed by atoms with Gasteiger partial charge in [0, 0.05) is 51.7 Å². The van der Waals surface area contributed by atoms with Crippen LogP contribution in [0.4, 0.5) is 11.4 Å². The second kappa shape index (κ2) is 7.84. The smallest absolute Gasteiger partial charge is 0.251 e. The maximum atomic E-state index is 12.3. The van der Waals surface area contributed by atoms with Crippen molar-refractivity contribution in [2.75, 3.05) is 44.5 Å². The largest absolute Gasteiger partial charge is 0.387 e. The summed E-state index contributed by atoms with van der Waals surface area (Å²) in [4.78, 5) is 16.2. The van der Waals surface area contributed by atoms with Gasteiger partial charge in [-0.05, 0) is 35.9 Å². The molecule has 5 heteroatoms. The van der Waals surface area contributed by atoms with Crippen molar-refractivity contribution in [2.24, 2.45) is 0 Å². The maximum absolute atomic E-state index is 12.3. The first-order valence-electron chi connectivity index (χ1n) is 7.89. The second-order valence-electron chi connectivity index (χ2n) is 6.16. The minimum atomic E-state index is -0.734. The number of nitrogens with one attached hydrogen (secondary N) is 1. The summed E-state index contributed by atoms with van der Waals surface area (Å²) in [7, 11) is 7.79. The lowest BCUT2D eigenvalue weighted by atomic mass is 10.1. The third kappa shape index (κ3) is 4.49. The van der Waals surface area contributed by atoms with Crippen LogP contribution in [0.25, 0.3) is 0 Å². The van der Waals surface area contributed by atoms with E-state index in [1.54, 1.807) is 6.07 Å². The number of aliphatic hydroxyl groups excluding tert-OH is 1. The highest BCUT2D eigenvalue weighted by molar-refractivity contribution is 5.95. The molecule has 0 aliphatic rings. The number of hydrogen-bond donors (Lipinski definition) is 2. The number of aliphatic hydroxyl groups is 1. The Bertz CT molecular complexity index is 681. The van der Waals surface area contributed by atoms with Crippen molar-refractivity contribution in [3.63, 3.8) is 0 Å². The van der Waals surface area contributed by atoms with Crippen molar-refractivity contribution in [3.8, 4) is 0 Å². The first-order chi connectivity index (χ1) is 11.4. The lowest BCUT2D eigenvalue weighted by Crippen LogP contribution is -2.28. The molecule has 0 saturated heterocycles. The van der Waals surface area contributed by atoms with Gasteiger partial charge in [0.05, 0.1) is 6.10 Å². The lowest BCUT2D eigenvalue weighted by Gasteiger charge is -2.16. The third-order valence-corrected chi connectivity index (χ3v) is 3.87. The van der Waals surface area contributed by atoms with Gasteiger partial charge in [-0.15, -0.1) is 0 Å². The van der Waals surface area contributed by atoms with Crippen LogP contribution in [-0.4, -0.2) is 45.7 Å². The summed E-state index contributed by atoms with van der Waals surface area (Å²) in [6.07, 6.45) is -0.734. The number of hydrogen-bond acceptors (Lipinski definition) is 4. The Morgan fingerprint density at radius 2 is 1.62 bits per heavy atom. The number of rotatable bonds is 6. The molecule has 0 aliphatic carbocycles. The Hall–Kier alpha value is -2.53. The molecule has 2 rings (SSSR count).